The summed E-state index contributed by atoms with van der Waals surface area (Å²) in [5, 5.41) is 7.41. The number of ether oxygens (including phenoxy) is 2. The van der Waals surface area contributed by atoms with Gasteiger partial charge in [-0.3, -0.25) is 0 Å². The number of benzene rings is 1. The molecule has 0 saturated heterocycles. The molecule has 1 aromatic carbocycles. The van der Waals surface area contributed by atoms with E-state index in [2.05, 4.69) is 20.6 Å². The second kappa shape index (κ2) is 12.8. The van der Waals surface area contributed by atoms with Gasteiger partial charge >= 0.3 is 6.61 Å². The van der Waals surface area contributed by atoms with Crippen LogP contribution in [-0.2, 0) is 13.1 Å². The summed E-state index contributed by atoms with van der Waals surface area (Å²) in [5.74, 6) is 0.884. The predicted octanol–water partition coefficient (Wildman–Crippen LogP) is 4.63. The van der Waals surface area contributed by atoms with Gasteiger partial charge in [-0.1, -0.05) is 12.1 Å². The van der Waals surface area contributed by atoms with Crippen molar-refractivity contribution in [2.24, 2.45) is 4.99 Å². The van der Waals surface area contributed by atoms with Gasteiger partial charge < -0.3 is 20.1 Å². The van der Waals surface area contributed by atoms with Crippen LogP contribution in [0, 0.1) is 13.8 Å². The van der Waals surface area contributed by atoms with E-state index in [1.54, 1.807) is 36.5 Å². The second-order valence-corrected chi connectivity index (χ2v) is 7.13. The summed E-state index contributed by atoms with van der Waals surface area (Å²) < 4.78 is 35.8. The largest absolute Gasteiger partial charge is 0.490 e. The molecule has 2 aromatic rings. The third-order valence-electron chi connectivity index (χ3n) is 3.73. The average Bonchev–Trinajstić information content (AvgIpc) is 2.96. The molecule has 0 aliphatic heterocycles. The van der Waals surface area contributed by atoms with Gasteiger partial charge in [-0.2, -0.15) is 8.78 Å². The number of halogens is 3. The van der Waals surface area contributed by atoms with Crippen LogP contribution in [0.3, 0.4) is 0 Å². The molecule has 0 unspecified atom stereocenters. The highest BCUT2D eigenvalue weighted by Crippen LogP contribution is 2.33. The Kier molecular flexibility index (Phi) is 11.2. The molecule has 0 aliphatic carbocycles. The predicted molar refractivity (Wildman–Crippen MR) is 123 cm³/mol. The monoisotopic (exact) mass is 540 g/mol. The van der Waals surface area contributed by atoms with Crippen LogP contribution in [0.25, 0.3) is 0 Å². The zero-order chi connectivity index (χ0) is 20.5. The lowest BCUT2D eigenvalue weighted by molar-refractivity contribution is -0.0520. The maximum atomic E-state index is 12.8. The number of para-hydroxylation sites is 1. The summed E-state index contributed by atoms with van der Waals surface area (Å²) >= 11 is 1.63. The van der Waals surface area contributed by atoms with Gasteiger partial charge in [-0.25, -0.2) is 9.98 Å². The first-order valence-electron chi connectivity index (χ1n) is 9.09. The molecule has 10 heteroatoms. The molecule has 0 bridgehead atoms. The van der Waals surface area contributed by atoms with Crippen molar-refractivity contribution in [3.8, 4) is 11.5 Å². The number of aryl methyl sites for hydroxylation is 2. The van der Waals surface area contributed by atoms with Gasteiger partial charge in [0.25, 0.3) is 0 Å². The fraction of sp³-hybridized carbons (Fsp3) is 0.474. The summed E-state index contributed by atoms with van der Waals surface area (Å²) in [6, 6.07) is 5.04. The number of thiazole rings is 1. The third-order valence-corrected chi connectivity index (χ3v) is 4.81. The highest BCUT2D eigenvalue weighted by atomic mass is 127. The molecule has 6 nitrogen and oxygen atoms in total. The van der Waals surface area contributed by atoms with E-state index < -0.39 is 6.61 Å². The molecule has 0 atom stereocenters. The van der Waals surface area contributed by atoms with Crippen LogP contribution in [0.4, 0.5) is 8.78 Å². The Labute approximate surface area is 191 Å². The lowest BCUT2D eigenvalue weighted by Gasteiger charge is -2.15. The van der Waals surface area contributed by atoms with Gasteiger partial charge in [0.05, 0.1) is 30.4 Å². The minimum absolute atomic E-state index is 0. The minimum atomic E-state index is -2.94. The molecular formula is C19H27F2IN4O2S. The van der Waals surface area contributed by atoms with E-state index in [-0.39, 0.29) is 42.0 Å². The lowest BCUT2D eigenvalue weighted by atomic mass is 10.2. The number of aliphatic imine (C=N–C) groups is 1. The van der Waals surface area contributed by atoms with Gasteiger partial charge in [0.1, 0.15) is 0 Å². The van der Waals surface area contributed by atoms with E-state index >= 15 is 0 Å². The van der Waals surface area contributed by atoms with Crippen LogP contribution in [0.15, 0.2) is 23.2 Å². The van der Waals surface area contributed by atoms with Crippen molar-refractivity contribution in [3.05, 3.63) is 39.3 Å². The Morgan fingerprint density at radius 1 is 1.24 bits per heavy atom. The van der Waals surface area contributed by atoms with Crippen molar-refractivity contribution in [3.63, 3.8) is 0 Å². The van der Waals surface area contributed by atoms with Gasteiger partial charge in [-0.05, 0) is 33.8 Å². The average molecular weight is 540 g/mol. The number of nitrogens with one attached hydrogen (secondary N) is 2. The molecule has 1 heterocycles. The molecule has 2 N–H and O–H groups in total. The standard InChI is InChI=1S/C19H26F2N4O2S.HI/c1-5-22-19(24-11-16-12(3)25-13(4)28-16)23-10-14-8-7-9-15(26-6-2)17(14)27-18(20)21;/h7-9,18H,5-6,10-11H2,1-4H3,(H2,22,23,24);1H. The molecule has 2 rings (SSSR count). The Balaban J connectivity index is 0.00000420. The lowest BCUT2D eigenvalue weighted by Crippen LogP contribution is -2.36. The Bertz CT molecular complexity index is 803. The van der Waals surface area contributed by atoms with Gasteiger partial charge in [0.15, 0.2) is 17.5 Å². The first-order valence-corrected chi connectivity index (χ1v) is 9.90. The van der Waals surface area contributed by atoms with Crippen LogP contribution < -0.4 is 20.1 Å². The number of nitrogens with zero attached hydrogens (tertiary/aromatic N) is 2. The maximum Gasteiger partial charge on any atom is 0.387 e. The van der Waals surface area contributed by atoms with Crippen LogP contribution in [-0.4, -0.2) is 30.7 Å². The van der Waals surface area contributed by atoms with Crippen molar-refractivity contribution in [1.82, 2.24) is 15.6 Å². The Morgan fingerprint density at radius 2 is 2.00 bits per heavy atom. The Morgan fingerprint density at radius 3 is 2.59 bits per heavy atom. The molecule has 0 radical (unpaired) electrons. The smallest absolute Gasteiger partial charge is 0.387 e. The molecule has 29 heavy (non-hydrogen) atoms. The van der Waals surface area contributed by atoms with Crippen molar-refractivity contribution >= 4 is 41.3 Å². The highest BCUT2D eigenvalue weighted by molar-refractivity contribution is 14.0. The van der Waals surface area contributed by atoms with E-state index in [1.807, 2.05) is 20.8 Å². The van der Waals surface area contributed by atoms with E-state index in [9.17, 15) is 8.78 Å². The fourth-order valence-electron chi connectivity index (χ4n) is 2.59. The van der Waals surface area contributed by atoms with Crippen molar-refractivity contribution in [2.75, 3.05) is 13.2 Å². The van der Waals surface area contributed by atoms with Crippen molar-refractivity contribution in [2.45, 2.75) is 47.4 Å². The zero-order valence-corrected chi connectivity index (χ0v) is 20.1. The van der Waals surface area contributed by atoms with E-state index in [0.717, 1.165) is 15.6 Å². The second-order valence-electron chi connectivity index (χ2n) is 5.85. The molecule has 1 aromatic heterocycles. The number of guanidine groups is 1. The molecule has 0 aliphatic rings. The SMILES string of the molecule is CCNC(=NCc1cccc(OCC)c1OC(F)F)NCc1sc(C)nc1C.I. The molecular weight excluding hydrogens is 513 g/mol. The van der Waals surface area contributed by atoms with Crippen LogP contribution in [0.1, 0.15) is 35.0 Å². The number of rotatable bonds is 9. The fourth-order valence-corrected chi connectivity index (χ4v) is 3.46. The molecule has 162 valence electrons. The third kappa shape index (κ3) is 7.92. The van der Waals surface area contributed by atoms with Crippen LogP contribution >= 0.6 is 35.3 Å². The summed E-state index contributed by atoms with van der Waals surface area (Å²) in [7, 11) is 0. The normalized spacial score (nSPS) is 11.2. The summed E-state index contributed by atoms with van der Waals surface area (Å²) in [5.41, 5.74) is 1.51. The summed E-state index contributed by atoms with van der Waals surface area (Å²) in [6.45, 7) is 6.52. The van der Waals surface area contributed by atoms with Crippen molar-refractivity contribution in [1.29, 1.82) is 0 Å². The number of hydrogen-bond acceptors (Lipinski definition) is 5. The number of aromatic nitrogens is 1. The highest BCUT2D eigenvalue weighted by Gasteiger charge is 2.15. The van der Waals surface area contributed by atoms with Crippen LogP contribution in [0.5, 0.6) is 11.5 Å². The van der Waals surface area contributed by atoms with Gasteiger partial charge in [0.2, 0.25) is 0 Å². The van der Waals surface area contributed by atoms with Gasteiger partial charge in [-0.15, -0.1) is 35.3 Å². The van der Waals surface area contributed by atoms with E-state index in [4.69, 9.17) is 9.47 Å². The number of hydrogen-bond donors (Lipinski definition) is 2. The molecule has 0 amide bonds. The minimum Gasteiger partial charge on any atom is -0.490 e. The molecule has 0 fully saturated rings. The van der Waals surface area contributed by atoms with Crippen LogP contribution in [0.2, 0.25) is 0 Å². The summed E-state index contributed by atoms with van der Waals surface area (Å²) in [6.07, 6.45) is 0. The number of alkyl halides is 2. The first-order chi connectivity index (χ1) is 13.4. The summed E-state index contributed by atoms with van der Waals surface area (Å²) in [4.78, 5) is 10.0. The van der Waals surface area contributed by atoms with Crippen molar-refractivity contribution < 1.29 is 18.3 Å². The Hall–Kier alpha value is -1.69. The van der Waals surface area contributed by atoms with E-state index in [0.29, 0.717) is 31.2 Å². The maximum absolute atomic E-state index is 12.8. The van der Waals surface area contributed by atoms with E-state index in [1.165, 1.54) is 0 Å². The quantitative estimate of drug-likeness (QED) is 0.276. The first kappa shape index (κ1) is 25.3. The van der Waals surface area contributed by atoms with Gasteiger partial charge in [0, 0.05) is 17.0 Å². The molecule has 0 saturated carbocycles. The zero-order valence-electron chi connectivity index (χ0n) is 16.9. The molecule has 0 spiro atoms. The topological polar surface area (TPSA) is 67.8 Å².